The summed E-state index contributed by atoms with van der Waals surface area (Å²) in [7, 11) is 0. The third kappa shape index (κ3) is 2.82. The van der Waals surface area contributed by atoms with Gasteiger partial charge in [-0.05, 0) is 18.2 Å². The minimum atomic E-state index is -0.605. The van der Waals surface area contributed by atoms with E-state index in [0.717, 1.165) is 0 Å². The van der Waals surface area contributed by atoms with E-state index in [0.29, 0.717) is 17.1 Å². The lowest BCUT2D eigenvalue weighted by atomic mass is 10.2. The normalized spacial score (nSPS) is 10.9. The van der Waals surface area contributed by atoms with Gasteiger partial charge < -0.3 is 4.42 Å². The number of H-pyrrole nitrogens is 1. The van der Waals surface area contributed by atoms with Crippen molar-refractivity contribution in [3.05, 3.63) is 58.4 Å². The molecule has 0 atom stereocenters. The summed E-state index contributed by atoms with van der Waals surface area (Å²) in [6.45, 7) is 0. The maximum atomic E-state index is 10.6. The minimum absolute atomic E-state index is 0.284. The second-order valence-electron chi connectivity index (χ2n) is 4.17. The van der Waals surface area contributed by atoms with E-state index < -0.39 is 4.92 Å². The molecule has 0 aliphatic heterocycles. The second kappa shape index (κ2) is 5.87. The van der Waals surface area contributed by atoms with Crippen molar-refractivity contribution in [3.8, 4) is 11.5 Å². The SMILES string of the molecule is O=[N+]([O-])c1ccc(-c2n[nH]cc2C=NNc2ccccn2)o1. The topological polar surface area (TPSA) is 122 Å². The number of pyridine rings is 1. The van der Waals surface area contributed by atoms with Crippen LogP contribution in [0, 0.1) is 10.1 Å². The number of nitrogens with one attached hydrogen (secondary N) is 2. The van der Waals surface area contributed by atoms with Crippen LogP contribution in [0.2, 0.25) is 0 Å². The molecule has 110 valence electrons. The first kappa shape index (κ1) is 13.5. The molecule has 0 unspecified atom stereocenters. The number of furan rings is 1. The highest BCUT2D eigenvalue weighted by Gasteiger charge is 2.16. The number of aromatic amines is 1. The van der Waals surface area contributed by atoms with Crippen LogP contribution < -0.4 is 5.43 Å². The van der Waals surface area contributed by atoms with Gasteiger partial charge in [0.2, 0.25) is 0 Å². The smallest absolute Gasteiger partial charge is 0.399 e. The molecular formula is C13H10N6O3. The molecule has 0 aromatic carbocycles. The molecule has 3 aromatic heterocycles. The van der Waals surface area contributed by atoms with Gasteiger partial charge in [-0.2, -0.15) is 10.2 Å². The Balaban J connectivity index is 1.78. The van der Waals surface area contributed by atoms with Crippen LogP contribution in [0.4, 0.5) is 11.7 Å². The molecule has 3 aromatic rings. The van der Waals surface area contributed by atoms with Crippen LogP contribution in [-0.2, 0) is 0 Å². The van der Waals surface area contributed by atoms with Crippen LogP contribution in [0.15, 0.2) is 52.2 Å². The molecule has 0 radical (unpaired) electrons. The van der Waals surface area contributed by atoms with E-state index in [4.69, 9.17) is 4.42 Å². The van der Waals surface area contributed by atoms with Crippen molar-refractivity contribution in [2.75, 3.05) is 5.43 Å². The molecule has 0 spiro atoms. The van der Waals surface area contributed by atoms with Crippen LogP contribution in [0.3, 0.4) is 0 Å². The highest BCUT2D eigenvalue weighted by Crippen LogP contribution is 2.26. The summed E-state index contributed by atoms with van der Waals surface area (Å²) in [6.07, 6.45) is 4.76. The number of rotatable bonds is 5. The van der Waals surface area contributed by atoms with Gasteiger partial charge in [0, 0.05) is 18.0 Å². The van der Waals surface area contributed by atoms with E-state index >= 15 is 0 Å². The van der Waals surface area contributed by atoms with Crippen molar-refractivity contribution in [1.29, 1.82) is 0 Å². The van der Waals surface area contributed by atoms with Crippen LogP contribution >= 0.6 is 0 Å². The van der Waals surface area contributed by atoms with E-state index in [1.165, 1.54) is 18.3 Å². The Morgan fingerprint density at radius 3 is 3.00 bits per heavy atom. The monoisotopic (exact) mass is 298 g/mol. The van der Waals surface area contributed by atoms with Gasteiger partial charge in [-0.15, -0.1) is 0 Å². The first-order chi connectivity index (χ1) is 10.7. The van der Waals surface area contributed by atoms with Gasteiger partial charge >= 0.3 is 5.88 Å². The van der Waals surface area contributed by atoms with Gasteiger partial charge in [-0.3, -0.25) is 20.6 Å². The van der Waals surface area contributed by atoms with Crippen molar-refractivity contribution in [3.63, 3.8) is 0 Å². The van der Waals surface area contributed by atoms with Gasteiger partial charge in [-0.1, -0.05) is 6.07 Å². The lowest BCUT2D eigenvalue weighted by molar-refractivity contribution is -0.401. The van der Waals surface area contributed by atoms with Crippen molar-refractivity contribution in [2.24, 2.45) is 5.10 Å². The zero-order valence-corrected chi connectivity index (χ0v) is 11.1. The molecule has 0 saturated carbocycles. The van der Waals surface area contributed by atoms with Crippen LogP contribution in [0.25, 0.3) is 11.5 Å². The van der Waals surface area contributed by atoms with Crippen molar-refractivity contribution in [1.82, 2.24) is 15.2 Å². The number of hydrogen-bond donors (Lipinski definition) is 2. The van der Waals surface area contributed by atoms with E-state index in [-0.39, 0.29) is 11.6 Å². The zero-order valence-electron chi connectivity index (χ0n) is 11.1. The summed E-state index contributed by atoms with van der Waals surface area (Å²) >= 11 is 0. The fourth-order valence-corrected chi connectivity index (χ4v) is 1.74. The molecule has 9 nitrogen and oxygen atoms in total. The maximum absolute atomic E-state index is 10.6. The predicted octanol–water partition coefficient (Wildman–Crippen LogP) is 2.42. The molecule has 0 amide bonds. The molecule has 9 heteroatoms. The van der Waals surface area contributed by atoms with E-state index in [1.54, 1.807) is 24.5 Å². The summed E-state index contributed by atoms with van der Waals surface area (Å²) in [5.74, 6) is 0.539. The van der Waals surface area contributed by atoms with Gasteiger partial charge in [0.1, 0.15) is 16.4 Å². The Morgan fingerprint density at radius 1 is 1.36 bits per heavy atom. The van der Waals surface area contributed by atoms with Gasteiger partial charge in [0.05, 0.1) is 12.3 Å². The molecule has 0 fully saturated rings. The average Bonchev–Trinajstić information content (AvgIpc) is 3.16. The van der Waals surface area contributed by atoms with E-state index in [2.05, 4.69) is 25.7 Å². The van der Waals surface area contributed by atoms with E-state index in [9.17, 15) is 10.1 Å². The standard InChI is InChI=1S/C13H10N6O3/c20-19(21)12-5-4-10(22-12)13-9(8-16-18-13)7-15-17-11-3-1-2-6-14-11/h1-8H,(H,14,17)(H,16,18). The number of hydrazone groups is 1. The number of hydrogen-bond acceptors (Lipinski definition) is 7. The van der Waals surface area contributed by atoms with Gasteiger partial charge in [0.15, 0.2) is 5.76 Å². The Hall–Kier alpha value is -3.49. The lowest BCUT2D eigenvalue weighted by Gasteiger charge is -1.97. The third-order valence-corrected chi connectivity index (χ3v) is 2.72. The summed E-state index contributed by atoms with van der Waals surface area (Å²) in [5, 5.41) is 21.4. The van der Waals surface area contributed by atoms with Crippen molar-refractivity contribution in [2.45, 2.75) is 0 Å². The first-order valence-corrected chi connectivity index (χ1v) is 6.22. The Kier molecular flexibility index (Phi) is 3.60. The maximum Gasteiger partial charge on any atom is 0.433 e. The van der Waals surface area contributed by atoms with Crippen LogP contribution in [-0.4, -0.2) is 26.3 Å². The molecule has 0 aliphatic carbocycles. The quantitative estimate of drug-likeness (QED) is 0.423. The molecule has 3 rings (SSSR count). The highest BCUT2D eigenvalue weighted by molar-refractivity contribution is 5.87. The number of nitrogens with zero attached hydrogens (tertiary/aromatic N) is 4. The summed E-state index contributed by atoms with van der Waals surface area (Å²) in [4.78, 5) is 14.1. The molecular weight excluding hydrogens is 288 g/mol. The summed E-state index contributed by atoms with van der Waals surface area (Å²) in [6, 6.07) is 8.15. The number of nitro groups is 1. The fraction of sp³-hybridized carbons (Fsp3) is 0. The minimum Gasteiger partial charge on any atom is -0.399 e. The molecule has 2 N–H and O–H groups in total. The average molecular weight is 298 g/mol. The third-order valence-electron chi connectivity index (χ3n) is 2.72. The van der Waals surface area contributed by atoms with Crippen molar-refractivity contribution >= 4 is 17.9 Å². The first-order valence-electron chi connectivity index (χ1n) is 6.22. The summed E-state index contributed by atoms with van der Waals surface area (Å²) < 4.78 is 5.12. The van der Waals surface area contributed by atoms with Crippen molar-refractivity contribution < 1.29 is 9.34 Å². The Morgan fingerprint density at radius 2 is 2.27 bits per heavy atom. The molecule has 0 bridgehead atoms. The molecule has 22 heavy (non-hydrogen) atoms. The number of anilines is 1. The molecule has 0 saturated heterocycles. The largest absolute Gasteiger partial charge is 0.433 e. The van der Waals surface area contributed by atoms with Gasteiger partial charge in [0.25, 0.3) is 0 Å². The lowest BCUT2D eigenvalue weighted by Crippen LogP contribution is -1.92. The molecule has 0 aliphatic rings. The Labute approximate surface area is 123 Å². The van der Waals surface area contributed by atoms with Crippen LogP contribution in [0.5, 0.6) is 0 Å². The second-order valence-corrected chi connectivity index (χ2v) is 4.17. The highest BCUT2D eigenvalue weighted by atomic mass is 16.6. The van der Waals surface area contributed by atoms with E-state index in [1.807, 2.05) is 6.07 Å². The number of aromatic nitrogens is 3. The fourth-order valence-electron chi connectivity index (χ4n) is 1.74. The molecule has 3 heterocycles. The van der Waals surface area contributed by atoms with Gasteiger partial charge in [-0.25, -0.2) is 4.98 Å². The zero-order chi connectivity index (χ0) is 15.4. The van der Waals surface area contributed by atoms with Crippen LogP contribution in [0.1, 0.15) is 5.56 Å². The predicted molar refractivity (Wildman–Crippen MR) is 78.4 cm³/mol. The summed E-state index contributed by atoms with van der Waals surface area (Å²) in [5.41, 5.74) is 3.81. The Bertz CT molecular complexity index is 808.